The summed E-state index contributed by atoms with van der Waals surface area (Å²) in [5.41, 5.74) is 3.69. The van der Waals surface area contributed by atoms with E-state index >= 15 is 0 Å². The van der Waals surface area contributed by atoms with E-state index in [9.17, 15) is 4.79 Å². The summed E-state index contributed by atoms with van der Waals surface area (Å²) in [4.78, 5) is 13.9. The van der Waals surface area contributed by atoms with Crippen molar-refractivity contribution in [1.29, 1.82) is 0 Å². The smallest absolute Gasteiger partial charge is 0.408 e. The number of H-pyrrole nitrogens is 1. The van der Waals surface area contributed by atoms with Crippen molar-refractivity contribution in [3.63, 3.8) is 0 Å². The van der Waals surface area contributed by atoms with Crippen LogP contribution in [-0.4, -0.2) is 11.5 Å². The Balaban J connectivity index is 2.02. The maximum atomic E-state index is 11.3. The quantitative estimate of drug-likeness (QED) is 0.624. The minimum Gasteiger partial charge on any atom is -0.408 e. The SMILES string of the molecule is CCCNC(c1csc(I)c1)c1ccc2[nH]c(=O)oc2c1. The monoisotopic (exact) mass is 414 g/mol. The topological polar surface area (TPSA) is 58.0 Å². The van der Waals surface area contributed by atoms with Crippen molar-refractivity contribution in [3.05, 3.63) is 54.2 Å². The number of nitrogens with one attached hydrogen (secondary N) is 2. The second kappa shape index (κ2) is 6.33. The van der Waals surface area contributed by atoms with Crippen LogP contribution in [0.25, 0.3) is 11.1 Å². The Bertz CT molecular complexity index is 805. The highest BCUT2D eigenvalue weighted by Crippen LogP contribution is 2.29. The van der Waals surface area contributed by atoms with Crippen molar-refractivity contribution in [3.8, 4) is 0 Å². The van der Waals surface area contributed by atoms with Gasteiger partial charge in [-0.25, -0.2) is 4.79 Å². The van der Waals surface area contributed by atoms with Gasteiger partial charge in [-0.15, -0.1) is 11.3 Å². The first kappa shape index (κ1) is 14.8. The molecule has 0 aliphatic carbocycles. The molecular weight excluding hydrogens is 399 g/mol. The van der Waals surface area contributed by atoms with Crippen molar-refractivity contribution in [2.24, 2.45) is 0 Å². The molecule has 0 radical (unpaired) electrons. The van der Waals surface area contributed by atoms with E-state index in [1.165, 1.54) is 8.45 Å². The molecule has 1 unspecified atom stereocenters. The molecule has 110 valence electrons. The maximum Gasteiger partial charge on any atom is 0.417 e. The molecule has 3 aromatic rings. The molecule has 1 aromatic carbocycles. The lowest BCUT2D eigenvalue weighted by Crippen LogP contribution is -2.22. The molecule has 0 fully saturated rings. The van der Waals surface area contributed by atoms with E-state index in [0.717, 1.165) is 24.0 Å². The van der Waals surface area contributed by atoms with Gasteiger partial charge in [-0.05, 0) is 70.3 Å². The van der Waals surface area contributed by atoms with Crippen molar-refractivity contribution in [2.45, 2.75) is 19.4 Å². The van der Waals surface area contributed by atoms with E-state index in [1.807, 2.05) is 18.2 Å². The highest BCUT2D eigenvalue weighted by molar-refractivity contribution is 14.1. The zero-order chi connectivity index (χ0) is 14.8. The first-order valence-electron chi connectivity index (χ1n) is 6.77. The third kappa shape index (κ3) is 3.22. The number of oxazole rings is 1. The second-order valence-corrected chi connectivity index (χ2v) is 7.65. The molecule has 0 spiro atoms. The summed E-state index contributed by atoms with van der Waals surface area (Å²) < 4.78 is 6.43. The van der Waals surface area contributed by atoms with Gasteiger partial charge in [0, 0.05) is 0 Å². The summed E-state index contributed by atoms with van der Waals surface area (Å²) in [7, 11) is 0. The molecule has 0 amide bonds. The van der Waals surface area contributed by atoms with Crippen LogP contribution in [0, 0.1) is 2.88 Å². The maximum absolute atomic E-state index is 11.3. The van der Waals surface area contributed by atoms with Crippen LogP contribution in [-0.2, 0) is 0 Å². The third-order valence-electron chi connectivity index (χ3n) is 3.30. The summed E-state index contributed by atoms with van der Waals surface area (Å²) in [6.07, 6.45) is 1.07. The predicted octanol–water partition coefficient (Wildman–Crippen LogP) is 3.88. The van der Waals surface area contributed by atoms with Crippen molar-refractivity contribution < 1.29 is 4.42 Å². The number of hydrogen-bond donors (Lipinski definition) is 2. The molecule has 4 nitrogen and oxygen atoms in total. The van der Waals surface area contributed by atoms with Gasteiger partial charge < -0.3 is 9.73 Å². The van der Waals surface area contributed by atoms with Crippen LogP contribution in [0.3, 0.4) is 0 Å². The lowest BCUT2D eigenvalue weighted by atomic mass is 10.0. The molecule has 0 aliphatic heterocycles. The second-order valence-electron chi connectivity index (χ2n) is 4.84. The molecule has 3 rings (SSSR count). The van der Waals surface area contributed by atoms with Gasteiger partial charge in [0.15, 0.2) is 5.58 Å². The molecule has 0 aliphatic rings. The summed E-state index contributed by atoms with van der Waals surface area (Å²) in [5, 5.41) is 5.73. The molecule has 0 saturated heterocycles. The minimum atomic E-state index is -0.412. The Hall–Kier alpha value is -1.12. The first-order valence-corrected chi connectivity index (χ1v) is 8.73. The van der Waals surface area contributed by atoms with Crippen LogP contribution in [0.4, 0.5) is 0 Å². The lowest BCUT2D eigenvalue weighted by Gasteiger charge is -2.18. The van der Waals surface area contributed by atoms with Gasteiger partial charge in [-0.1, -0.05) is 13.0 Å². The van der Waals surface area contributed by atoms with E-state index in [0.29, 0.717) is 5.58 Å². The van der Waals surface area contributed by atoms with Gasteiger partial charge in [0.1, 0.15) is 0 Å². The van der Waals surface area contributed by atoms with Gasteiger partial charge in [0.05, 0.1) is 14.4 Å². The number of hydrogen-bond acceptors (Lipinski definition) is 4. The summed E-state index contributed by atoms with van der Waals surface area (Å²) in [6.45, 7) is 3.09. The average molecular weight is 414 g/mol. The molecule has 0 saturated carbocycles. The van der Waals surface area contributed by atoms with E-state index in [1.54, 1.807) is 11.3 Å². The van der Waals surface area contributed by atoms with Crippen LogP contribution in [0.5, 0.6) is 0 Å². The summed E-state index contributed by atoms with van der Waals surface area (Å²) >= 11 is 4.07. The molecule has 6 heteroatoms. The van der Waals surface area contributed by atoms with Gasteiger partial charge in [-0.2, -0.15) is 0 Å². The van der Waals surface area contributed by atoms with Crippen molar-refractivity contribution >= 4 is 45.0 Å². The van der Waals surface area contributed by atoms with Gasteiger partial charge >= 0.3 is 5.76 Å². The predicted molar refractivity (Wildman–Crippen MR) is 94.0 cm³/mol. The molecule has 2 aromatic heterocycles. The molecule has 2 heterocycles. The molecule has 21 heavy (non-hydrogen) atoms. The first-order chi connectivity index (χ1) is 10.2. The zero-order valence-electron chi connectivity index (χ0n) is 11.5. The number of aromatic amines is 1. The minimum absolute atomic E-state index is 0.120. The van der Waals surface area contributed by atoms with Crippen LogP contribution >= 0.6 is 33.9 Å². The highest BCUT2D eigenvalue weighted by Gasteiger charge is 2.16. The van der Waals surface area contributed by atoms with E-state index in [2.05, 4.69) is 51.3 Å². The van der Waals surface area contributed by atoms with E-state index in [-0.39, 0.29) is 6.04 Å². The zero-order valence-corrected chi connectivity index (χ0v) is 14.5. The summed E-state index contributed by atoms with van der Waals surface area (Å²) in [6, 6.07) is 8.18. The van der Waals surface area contributed by atoms with Gasteiger partial charge in [0.2, 0.25) is 0 Å². The van der Waals surface area contributed by atoms with Crippen LogP contribution in [0.1, 0.15) is 30.5 Å². The van der Waals surface area contributed by atoms with E-state index < -0.39 is 5.76 Å². The highest BCUT2D eigenvalue weighted by atomic mass is 127. The Kier molecular flexibility index (Phi) is 4.46. The average Bonchev–Trinajstić information content (AvgIpc) is 3.04. The largest absolute Gasteiger partial charge is 0.417 e. The molecule has 1 atom stereocenters. The van der Waals surface area contributed by atoms with Crippen LogP contribution in [0.15, 0.2) is 38.9 Å². The van der Waals surface area contributed by atoms with Crippen molar-refractivity contribution in [2.75, 3.05) is 6.54 Å². The number of benzene rings is 1. The number of halogens is 1. The lowest BCUT2D eigenvalue weighted by molar-refractivity contribution is 0.553. The third-order valence-corrected chi connectivity index (χ3v) is 5.11. The van der Waals surface area contributed by atoms with Gasteiger partial charge in [0.25, 0.3) is 0 Å². The number of rotatable bonds is 5. The fraction of sp³-hybridized carbons (Fsp3) is 0.267. The number of aromatic nitrogens is 1. The standard InChI is InChI=1S/C15H15IN2O2S/c1-2-5-17-14(10-7-13(16)21-8-10)9-3-4-11-12(6-9)20-15(19)18-11/h3-4,6-8,14,17H,2,5H2,1H3,(H,18,19). The fourth-order valence-electron chi connectivity index (χ4n) is 2.33. The normalized spacial score (nSPS) is 12.9. The molecule has 2 N–H and O–H groups in total. The van der Waals surface area contributed by atoms with E-state index in [4.69, 9.17) is 4.42 Å². The fourth-order valence-corrected chi connectivity index (χ4v) is 3.73. The number of fused-ring (bicyclic) bond motifs is 1. The Labute approximate surface area is 139 Å². The molecule has 0 bridgehead atoms. The van der Waals surface area contributed by atoms with Crippen molar-refractivity contribution in [1.82, 2.24) is 10.3 Å². The Morgan fingerprint density at radius 1 is 1.38 bits per heavy atom. The summed E-state index contributed by atoms with van der Waals surface area (Å²) in [5.74, 6) is -0.412. The van der Waals surface area contributed by atoms with Crippen LogP contribution < -0.4 is 11.1 Å². The Morgan fingerprint density at radius 3 is 2.95 bits per heavy atom. The molecular formula is C15H15IN2O2S. The number of thiophene rings is 1. The van der Waals surface area contributed by atoms with Gasteiger partial charge in [-0.3, -0.25) is 4.98 Å². The Morgan fingerprint density at radius 2 is 2.24 bits per heavy atom. The van der Waals surface area contributed by atoms with Crippen LogP contribution in [0.2, 0.25) is 0 Å².